The molecule has 0 bridgehead atoms. The van der Waals surface area contributed by atoms with Crippen molar-refractivity contribution in [2.75, 3.05) is 0 Å². The Hall–Kier alpha value is -0.385. The zero-order chi connectivity index (χ0) is 10.4. The van der Waals surface area contributed by atoms with Gasteiger partial charge in [0.25, 0.3) is 0 Å². The first-order valence-corrected chi connectivity index (χ1v) is 5.55. The van der Waals surface area contributed by atoms with E-state index >= 15 is 0 Å². The lowest BCUT2D eigenvalue weighted by molar-refractivity contribution is 0.00578. The molecule has 5 heteroatoms. The molecule has 0 amide bonds. The highest BCUT2D eigenvalue weighted by molar-refractivity contribution is 7.20. The molecule has 3 nitrogen and oxygen atoms in total. The van der Waals surface area contributed by atoms with E-state index in [1.165, 1.54) is 0 Å². The van der Waals surface area contributed by atoms with Gasteiger partial charge in [-0.05, 0) is 27.7 Å². The van der Waals surface area contributed by atoms with Gasteiger partial charge < -0.3 is 9.31 Å². The lowest BCUT2D eigenvalue weighted by Crippen LogP contribution is -2.41. The minimum Gasteiger partial charge on any atom is -0.398 e. The topological polar surface area (TPSA) is 31.4 Å². The van der Waals surface area contributed by atoms with Gasteiger partial charge in [0.2, 0.25) is 0 Å². The molecule has 0 saturated carbocycles. The zero-order valence-corrected chi connectivity index (χ0v) is 9.72. The molecule has 76 valence electrons. The molecule has 2 rings (SSSR count). The van der Waals surface area contributed by atoms with Crippen LogP contribution >= 0.6 is 11.3 Å². The van der Waals surface area contributed by atoms with Crippen LogP contribution in [-0.4, -0.2) is 23.3 Å². The number of thiazole rings is 1. The summed E-state index contributed by atoms with van der Waals surface area (Å²) in [6.07, 6.45) is 1.77. The maximum atomic E-state index is 5.83. The Balaban J connectivity index is 2.22. The standard InChI is InChI=1S/C9H14BNO2S/c1-8(2)9(3,4)13-10(12-8)7-11-5-6-14-7/h5-6H,1-4H3. The van der Waals surface area contributed by atoms with Crippen molar-refractivity contribution < 1.29 is 9.31 Å². The molecule has 1 saturated heterocycles. The first-order chi connectivity index (χ1) is 6.42. The molecule has 0 aromatic carbocycles. The molecular weight excluding hydrogens is 197 g/mol. The fourth-order valence-corrected chi connectivity index (χ4v) is 1.88. The third kappa shape index (κ3) is 1.49. The van der Waals surface area contributed by atoms with Crippen molar-refractivity contribution in [3.63, 3.8) is 0 Å². The summed E-state index contributed by atoms with van der Waals surface area (Å²) in [5, 5.41) is 1.93. The van der Waals surface area contributed by atoms with Gasteiger partial charge in [-0.25, -0.2) is 0 Å². The lowest BCUT2D eigenvalue weighted by atomic mass is 9.90. The first kappa shape index (κ1) is 10.1. The van der Waals surface area contributed by atoms with Crippen molar-refractivity contribution in [3.05, 3.63) is 11.6 Å². The highest BCUT2D eigenvalue weighted by Gasteiger charge is 2.52. The molecule has 1 aromatic rings. The van der Waals surface area contributed by atoms with Crippen LogP contribution in [0.15, 0.2) is 11.6 Å². The Morgan fingerprint density at radius 1 is 1.21 bits per heavy atom. The van der Waals surface area contributed by atoms with Crippen LogP contribution in [0.25, 0.3) is 0 Å². The largest absolute Gasteiger partial charge is 0.525 e. The quantitative estimate of drug-likeness (QED) is 0.658. The van der Waals surface area contributed by atoms with Gasteiger partial charge in [0.05, 0.1) is 11.2 Å². The molecule has 1 aliphatic rings. The van der Waals surface area contributed by atoms with Gasteiger partial charge in [0.1, 0.15) is 4.91 Å². The molecular formula is C9H14BNO2S. The van der Waals surface area contributed by atoms with E-state index in [4.69, 9.17) is 9.31 Å². The van der Waals surface area contributed by atoms with E-state index in [1.54, 1.807) is 17.5 Å². The van der Waals surface area contributed by atoms with Crippen LogP contribution in [0.2, 0.25) is 0 Å². The van der Waals surface area contributed by atoms with Gasteiger partial charge in [-0.3, -0.25) is 4.98 Å². The van der Waals surface area contributed by atoms with E-state index in [-0.39, 0.29) is 18.3 Å². The first-order valence-electron chi connectivity index (χ1n) is 4.67. The predicted octanol–water partition coefficient (Wildman–Crippen LogP) is 1.44. The van der Waals surface area contributed by atoms with Crippen molar-refractivity contribution in [2.45, 2.75) is 38.9 Å². The molecule has 0 unspecified atom stereocenters. The van der Waals surface area contributed by atoms with Gasteiger partial charge in [-0.2, -0.15) is 0 Å². The van der Waals surface area contributed by atoms with Crippen LogP contribution in [0.3, 0.4) is 0 Å². The zero-order valence-electron chi connectivity index (χ0n) is 8.90. The second-order valence-corrected chi connectivity index (χ2v) is 5.38. The summed E-state index contributed by atoms with van der Waals surface area (Å²) in [5.41, 5.74) is -0.549. The highest BCUT2D eigenvalue weighted by Crippen LogP contribution is 2.36. The van der Waals surface area contributed by atoms with Crippen molar-refractivity contribution in [3.8, 4) is 0 Å². The van der Waals surface area contributed by atoms with Crippen LogP contribution in [-0.2, 0) is 9.31 Å². The number of rotatable bonds is 1. The Bertz CT molecular complexity index is 308. The second-order valence-electron chi connectivity index (χ2n) is 4.46. The molecule has 0 radical (unpaired) electrons. The van der Waals surface area contributed by atoms with E-state index < -0.39 is 0 Å². The molecule has 0 atom stereocenters. The number of hydrogen-bond acceptors (Lipinski definition) is 4. The van der Waals surface area contributed by atoms with Crippen LogP contribution in [0, 0.1) is 0 Å². The van der Waals surface area contributed by atoms with Crippen LogP contribution in [0.5, 0.6) is 0 Å². The Morgan fingerprint density at radius 2 is 1.79 bits per heavy atom. The second kappa shape index (κ2) is 3.05. The fourth-order valence-electron chi connectivity index (χ4n) is 1.29. The van der Waals surface area contributed by atoms with Crippen LogP contribution in [0.4, 0.5) is 0 Å². The van der Waals surface area contributed by atoms with E-state index in [0.29, 0.717) is 0 Å². The summed E-state index contributed by atoms with van der Waals surface area (Å²) in [5.74, 6) is 0. The number of aromatic nitrogens is 1. The molecule has 2 heterocycles. The van der Waals surface area contributed by atoms with Crippen LogP contribution < -0.4 is 4.91 Å². The average molecular weight is 211 g/mol. The molecule has 1 fully saturated rings. The van der Waals surface area contributed by atoms with Gasteiger partial charge in [-0.1, -0.05) is 0 Å². The monoisotopic (exact) mass is 211 g/mol. The van der Waals surface area contributed by atoms with Crippen molar-refractivity contribution in [2.24, 2.45) is 0 Å². The minimum atomic E-state index is -0.306. The smallest absolute Gasteiger partial charge is 0.398 e. The summed E-state index contributed by atoms with van der Waals surface area (Å²) >= 11 is 1.56. The Morgan fingerprint density at radius 3 is 2.21 bits per heavy atom. The lowest BCUT2D eigenvalue weighted by Gasteiger charge is -2.32. The summed E-state index contributed by atoms with van der Waals surface area (Å²) < 4.78 is 11.7. The van der Waals surface area contributed by atoms with Gasteiger partial charge in [0.15, 0.2) is 0 Å². The van der Waals surface area contributed by atoms with E-state index in [1.807, 2.05) is 33.1 Å². The Labute approximate surface area is 88.6 Å². The maximum absolute atomic E-state index is 5.83. The normalized spacial score (nSPS) is 24.1. The predicted molar refractivity (Wildman–Crippen MR) is 57.8 cm³/mol. The third-order valence-electron chi connectivity index (χ3n) is 2.91. The van der Waals surface area contributed by atoms with E-state index in [0.717, 1.165) is 4.91 Å². The number of hydrogen-bond donors (Lipinski definition) is 0. The Kier molecular flexibility index (Phi) is 2.21. The molecule has 0 aliphatic carbocycles. The minimum absolute atomic E-state index is 0.274. The van der Waals surface area contributed by atoms with Crippen molar-refractivity contribution >= 4 is 23.4 Å². The SMILES string of the molecule is CC1(C)OB(c2nccs2)OC1(C)C. The van der Waals surface area contributed by atoms with Gasteiger partial charge in [0, 0.05) is 11.6 Å². The molecule has 14 heavy (non-hydrogen) atoms. The van der Waals surface area contributed by atoms with Gasteiger partial charge >= 0.3 is 7.12 Å². The third-order valence-corrected chi connectivity index (χ3v) is 3.70. The summed E-state index contributed by atoms with van der Waals surface area (Å²) in [7, 11) is -0.306. The fraction of sp³-hybridized carbons (Fsp3) is 0.667. The average Bonchev–Trinajstić information content (AvgIpc) is 2.58. The summed E-state index contributed by atoms with van der Waals surface area (Å²) in [6.45, 7) is 8.17. The van der Waals surface area contributed by atoms with Crippen molar-refractivity contribution in [1.29, 1.82) is 0 Å². The van der Waals surface area contributed by atoms with E-state index in [2.05, 4.69) is 4.98 Å². The highest BCUT2D eigenvalue weighted by atomic mass is 32.1. The van der Waals surface area contributed by atoms with Crippen molar-refractivity contribution in [1.82, 2.24) is 4.98 Å². The summed E-state index contributed by atoms with van der Waals surface area (Å²) in [6, 6.07) is 0. The molecule has 1 aromatic heterocycles. The molecule has 0 spiro atoms. The molecule has 1 aliphatic heterocycles. The van der Waals surface area contributed by atoms with E-state index in [9.17, 15) is 0 Å². The maximum Gasteiger partial charge on any atom is 0.525 e. The summed E-state index contributed by atoms with van der Waals surface area (Å²) in [4.78, 5) is 5.09. The molecule has 0 N–H and O–H groups in total. The van der Waals surface area contributed by atoms with Gasteiger partial charge in [-0.15, -0.1) is 11.3 Å². The number of nitrogens with zero attached hydrogens (tertiary/aromatic N) is 1. The van der Waals surface area contributed by atoms with Crippen LogP contribution in [0.1, 0.15) is 27.7 Å².